The number of carbonyl (C=O) groups excluding carboxylic acids is 1. The zero-order valence-electron chi connectivity index (χ0n) is 9.19. The number of esters is 1. The van der Waals surface area contributed by atoms with Gasteiger partial charge in [0, 0.05) is 0 Å². The quantitative estimate of drug-likeness (QED) is 0.657. The molecule has 2 unspecified atom stereocenters. The third kappa shape index (κ3) is 1.76. The van der Waals surface area contributed by atoms with E-state index in [9.17, 15) is 4.79 Å². The smallest absolute Gasteiger partial charge is 0.313 e. The Bertz CT molecular complexity index is 371. The van der Waals surface area contributed by atoms with Crippen LogP contribution in [0.4, 0.5) is 0 Å². The molecule has 2 rings (SSSR count). The fraction of sp³-hybridized carbons (Fsp3) is 0.462. The van der Waals surface area contributed by atoms with Crippen LogP contribution in [0, 0.1) is 0 Å². The summed E-state index contributed by atoms with van der Waals surface area (Å²) < 4.78 is 4.84. The number of rotatable bonds is 1. The molecule has 15 heavy (non-hydrogen) atoms. The normalized spacial score (nSPS) is 24.4. The van der Waals surface area contributed by atoms with Gasteiger partial charge in [0.15, 0.2) is 0 Å². The van der Waals surface area contributed by atoms with Gasteiger partial charge >= 0.3 is 5.97 Å². The molecule has 2 atom stereocenters. The molecule has 1 aromatic rings. The summed E-state index contributed by atoms with van der Waals surface area (Å²) in [6.45, 7) is 2.21. The van der Waals surface area contributed by atoms with E-state index < -0.39 is 0 Å². The van der Waals surface area contributed by atoms with Crippen molar-refractivity contribution in [3.8, 4) is 0 Å². The molecule has 0 N–H and O–H groups in total. The highest BCUT2D eigenvalue weighted by Gasteiger charge is 2.29. The van der Waals surface area contributed by atoms with Crippen LogP contribution in [0.25, 0.3) is 0 Å². The lowest BCUT2D eigenvalue weighted by Crippen LogP contribution is -2.21. The Hall–Kier alpha value is -1.31. The molecule has 0 fully saturated rings. The molecule has 0 saturated heterocycles. The maximum atomic E-state index is 11.6. The van der Waals surface area contributed by atoms with Gasteiger partial charge in [0.05, 0.1) is 13.0 Å². The molecular formula is C13H16O2. The standard InChI is InChI=1S/C13H16O2/c1-9-7-8-12(13(14)15-2)11-6-4-3-5-10(9)11/h3-6,9,12H,7-8H2,1-2H3. The lowest BCUT2D eigenvalue weighted by Gasteiger charge is -2.27. The van der Waals surface area contributed by atoms with Crippen molar-refractivity contribution in [1.29, 1.82) is 0 Å². The maximum Gasteiger partial charge on any atom is 0.313 e. The molecule has 1 aliphatic carbocycles. The number of hydrogen-bond donors (Lipinski definition) is 0. The zero-order valence-corrected chi connectivity index (χ0v) is 9.19. The average molecular weight is 204 g/mol. The van der Waals surface area contributed by atoms with Crippen LogP contribution in [-0.4, -0.2) is 13.1 Å². The minimum Gasteiger partial charge on any atom is -0.469 e. The average Bonchev–Trinajstić information content (AvgIpc) is 2.29. The third-order valence-corrected chi connectivity index (χ3v) is 3.28. The van der Waals surface area contributed by atoms with Gasteiger partial charge < -0.3 is 4.74 Å². The molecule has 80 valence electrons. The summed E-state index contributed by atoms with van der Waals surface area (Å²) in [5.41, 5.74) is 2.46. The number of methoxy groups -OCH3 is 1. The second kappa shape index (κ2) is 4.05. The summed E-state index contributed by atoms with van der Waals surface area (Å²) in [6, 6.07) is 8.20. The monoisotopic (exact) mass is 204 g/mol. The van der Waals surface area contributed by atoms with E-state index in [-0.39, 0.29) is 11.9 Å². The van der Waals surface area contributed by atoms with Crippen molar-refractivity contribution < 1.29 is 9.53 Å². The van der Waals surface area contributed by atoms with Crippen molar-refractivity contribution in [3.05, 3.63) is 35.4 Å². The number of carbonyl (C=O) groups is 1. The van der Waals surface area contributed by atoms with Crippen LogP contribution in [0.3, 0.4) is 0 Å². The Morgan fingerprint density at radius 2 is 1.93 bits per heavy atom. The van der Waals surface area contributed by atoms with Crippen LogP contribution in [0.15, 0.2) is 24.3 Å². The van der Waals surface area contributed by atoms with Crippen molar-refractivity contribution in [2.24, 2.45) is 0 Å². The summed E-state index contributed by atoms with van der Waals surface area (Å²) in [5, 5.41) is 0. The van der Waals surface area contributed by atoms with Gasteiger partial charge in [-0.1, -0.05) is 31.2 Å². The highest BCUT2D eigenvalue weighted by atomic mass is 16.5. The molecule has 2 nitrogen and oxygen atoms in total. The minimum absolute atomic E-state index is 0.0533. The van der Waals surface area contributed by atoms with Gasteiger partial charge in [-0.15, -0.1) is 0 Å². The molecule has 0 aromatic heterocycles. The van der Waals surface area contributed by atoms with E-state index in [1.807, 2.05) is 18.2 Å². The van der Waals surface area contributed by atoms with Crippen molar-refractivity contribution in [1.82, 2.24) is 0 Å². The first-order valence-electron chi connectivity index (χ1n) is 5.40. The van der Waals surface area contributed by atoms with Crippen LogP contribution in [-0.2, 0) is 9.53 Å². The van der Waals surface area contributed by atoms with Crippen molar-refractivity contribution in [3.63, 3.8) is 0 Å². The lowest BCUT2D eigenvalue weighted by molar-refractivity contribution is -0.142. The SMILES string of the molecule is COC(=O)C1CCC(C)c2ccccc21. The van der Waals surface area contributed by atoms with Gasteiger partial charge in [-0.3, -0.25) is 4.79 Å². The van der Waals surface area contributed by atoms with E-state index in [1.54, 1.807) is 0 Å². The molecule has 1 aromatic carbocycles. The van der Waals surface area contributed by atoms with E-state index in [2.05, 4.69) is 13.0 Å². The van der Waals surface area contributed by atoms with Gasteiger partial charge in [0.2, 0.25) is 0 Å². The second-order valence-corrected chi connectivity index (χ2v) is 4.18. The van der Waals surface area contributed by atoms with E-state index >= 15 is 0 Å². The lowest BCUT2D eigenvalue weighted by atomic mass is 9.77. The Labute approximate surface area is 90.3 Å². The first kappa shape index (κ1) is 10.2. The van der Waals surface area contributed by atoms with Crippen molar-refractivity contribution in [2.75, 3.05) is 7.11 Å². The number of benzene rings is 1. The summed E-state index contributed by atoms with van der Waals surface area (Å²) >= 11 is 0. The van der Waals surface area contributed by atoms with Crippen molar-refractivity contribution in [2.45, 2.75) is 31.6 Å². The molecular weight excluding hydrogens is 188 g/mol. The minimum atomic E-state index is -0.102. The molecule has 2 heteroatoms. The Morgan fingerprint density at radius 3 is 2.60 bits per heavy atom. The molecule has 0 heterocycles. The van der Waals surface area contributed by atoms with Gasteiger partial charge in [0.25, 0.3) is 0 Å². The molecule has 0 aliphatic heterocycles. The number of ether oxygens (including phenoxy) is 1. The molecule has 0 bridgehead atoms. The predicted octanol–water partition coefficient (Wildman–Crippen LogP) is 2.84. The fourth-order valence-corrected chi connectivity index (χ4v) is 2.39. The van der Waals surface area contributed by atoms with Crippen LogP contribution < -0.4 is 0 Å². The topological polar surface area (TPSA) is 26.3 Å². The molecule has 1 aliphatic rings. The summed E-state index contributed by atoms with van der Waals surface area (Å²) in [6.07, 6.45) is 1.97. The van der Waals surface area contributed by atoms with Gasteiger partial charge in [-0.2, -0.15) is 0 Å². The zero-order chi connectivity index (χ0) is 10.8. The summed E-state index contributed by atoms with van der Waals surface area (Å²) in [5.74, 6) is 0.402. The fourth-order valence-electron chi connectivity index (χ4n) is 2.39. The predicted molar refractivity (Wildman–Crippen MR) is 58.8 cm³/mol. The van der Waals surface area contributed by atoms with Crippen molar-refractivity contribution >= 4 is 5.97 Å². The number of hydrogen-bond acceptors (Lipinski definition) is 2. The summed E-state index contributed by atoms with van der Waals surface area (Å²) in [7, 11) is 1.46. The van der Waals surface area contributed by atoms with E-state index in [0.717, 1.165) is 18.4 Å². The first-order valence-corrected chi connectivity index (χ1v) is 5.40. The van der Waals surface area contributed by atoms with Gasteiger partial charge in [-0.25, -0.2) is 0 Å². The molecule has 0 radical (unpaired) electrons. The highest BCUT2D eigenvalue weighted by molar-refractivity contribution is 5.79. The van der Waals surface area contributed by atoms with E-state index in [1.165, 1.54) is 12.7 Å². The molecule has 0 saturated carbocycles. The van der Waals surface area contributed by atoms with Gasteiger partial charge in [-0.05, 0) is 29.9 Å². The highest BCUT2D eigenvalue weighted by Crippen LogP contribution is 2.38. The van der Waals surface area contributed by atoms with Crippen LogP contribution in [0.5, 0.6) is 0 Å². The van der Waals surface area contributed by atoms with E-state index in [4.69, 9.17) is 4.74 Å². The Balaban J connectivity index is 2.40. The Kier molecular flexibility index (Phi) is 2.76. The van der Waals surface area contributed by atoms with Crippen LogP contribution >= 0.6 is 0 Å². The molecule has 0 spiro atoms. The largest absolute Gasteiger partial charge is 0.469 e. The molecule has 0 amide bonds. The Morgan fingerprint density at radius 1 is 1.27 bits per heavy atom. The van der Waals surface area contributed by atoms with Crippen LogP contribution in [0.2, 0.25) is 0 Å². The summed E-state index contributed by atoms with van der Waals surface area (Å²) in [4.78, 5) is 11.6. The number of fused-ring (bicyclic) bond motifs is 1. The first-order chi connectivity index (χ1) is 7.24. The van der Waals surface area contributed by atoms with Crippen LogP contribution in [0.1, 0.15) is 42.7 Å². The van der Waals surface area contributed by atoms with E-state index in [0.29, 0.717) is 5.92 Å². The third-order valence-electron chi connectivity index (χ3n) is 3.28. The second-order valence-electron chi connectivity index (χ2n) is 4.18. The maximum absolute atomic E-state index is 11.6. The van der Waals surface area contributed by atoms with Gasteiger partial charge in [0.1, 0.15) is 0 Å².